The van der Waals surface area contributed by atoms with Crippen LogP contribution in [0.25, 0.3) is 0 Å². The molecule has 186 valence electrons. The van der Waals surface area contributed by atoms with Gasteiger partial charge in [-0.15, -0.1) is 0 Å². The number of carbonyl (C=O) groups excluding carboxylic acids is 2. The maximum absolute atomic E-state index is 13.5. The van der Waals surface area contributed by atoms with E-state index in [-0.39, 0.29) is 28.8 Å². The highest BCUT2D eigenvalue weighted by molar-refractivity contribution is 6.30. The zero-order valence-corrected chi connectivity index (χ0v) is 21.1. The molecule has 3 N–H and O–H groups in total. The molecule has 1 unspecified atom stereocenters. The minimum Gasteiger partial charge on any atom is -0.439 e. The second-order valence-electron chi connectivity index (χ2n) is 9.61. The van der Waals surface area contributed by atoms with E-state index in [1.807, 2.05) is 36.4 Å². The fraction of sp³-hybridized carbons (Fsp3) is 0.259. The SMILES string of the molecule is CC(C)(C)C1CN=C(Nc2ccc(Oc3cccc(C(N)=O)n3)cc2)N(Cc2ccc(Cl)cc2)C1=O. The first-order chi connectivity index (χ1) is 17.1. The van der Waals surface area contributed by atoms with Gasteiger partial charge in [-0.25, -0.2) is 4.98 Å². The number of aliphatic imine (C=N–C) groups is 1. The Labute approximate surface area is 215 Å². The van der Waals surface area contributed by atoms with Gasteiger partial charge >= 0.3 is 0 Å². The number of nitrogens with two attached hydrogens (primary N) is 1. The van der Waals surface area contributed by atoms with Gasteiger partial charge in [-0.3, -0.25) is 19.5 Å². The van der Waals surface area contributed by atoms with E-state index in [1.165, 1.54) is 6.07 Å². The summed E-state index contributed by atoms with van der Waals surface area (Å²) < 4.78 is 5.74. The van der Waals surface area contributed by atoms with Crippen LogP contribution in [-0.2, 0) is 11.3 Å². The monoisotopic (exact) mass is 505 g/mol. The van der Waals surface area contributed by atoms with Crippen molar-refractivity contribution in [1.29, 1.82) is 0 Å². The van der Waals surface area contributed by atoms with Crippen molar-refractivity contribution in [2.45, 2.75) is 27.3 Å². The summed E-state index contributed by atoms with van der Waals surface area (Å²) in [6.45, 7) is 6.94. The Bertz CT molecular complexity index is 1280. The van der Waals surface area contributed by atoms with Crippen molar-refractivity contribution >= 4 is 35.1 Å². The molecule has 9 heteroatoms. The number of halogens is 1. The predicted octanol–water partition coefficient (Wildman–Crippen LogP) is 5.10. The summed E-state index contributed by atoms with van der Waals surface area (Å²) in [5.41, 5.74) is 6.88. The van der Waals surface area contributed by atoms with Crippen molar-refractivity contribution < 1.29 is 14.3 Å². The van der Waals surface area contributed by atoms with Gasteiger partial charge in [0.05, 0.1) is 19.0 Å². The number of nitrogens with zero attached hydrogens (tertiary/aromatic N) is 3. The van der Waals surface area contributed by atoms with E-state index < -0.39 is 5.91 Å². The summed E-state index contributed by atoms with van der Waals surface area (Å²) in [6.07, 6.45) is 0. The van der Waals surface area contributed by atoms with Gasteiger partial charge in [0.1, 0.15) is 11.4 Å². The third-order valence-corrected chi connectivity index (χ3v) is 6.10. The lowest BCUT2D eigenvalue weighted by atomic mass is 9.79. The third kappa shape index (κ3) is 6.01. The molecule has 0 spiro atoms. The largest absolute Gasteiger partial charge is 0.439 e. The smallest absolute Gasteiger partial charge is 0.267 e. The van der Waals surface area contributed by atoms with Crippen molar-refractivity contribution in [2.24, 2.45) is 22.1 Å². The predicted molar refractivity (Wildman–Crippen MR) is 140 cm³/mol. The molecular weight excluding hydrogens is 478 g/mol. The minimum atomic E-state index is -0.625. The molecule has 2 amide bonds. The summed E-state index contributed by atoms with van der Waals surface area (Å²) in [5.74, 6) is 0.448. The number of pyridine rings is 1. The molecule has 0 saturated carbocycles. The van der Waals surface area contributed by atoms with Crippen molar-refractivity contribution in [1.82, 2.24) is 9.88 Å². The molecule has 8 nitrogen and oxygen atoms in total. The van der Waals surface area contributed by atoms with Crippen LogP contribution in [0.4, 0.5) is 5.69 Å². The Kier molecular flexibility index (Phi) is 7.26. The first-order valence-corrected chi connectivity index (χ1v) is 11.9. The molecule has 36 heavy (non-hydrogen) atoms. The standard InChI is InChI=1S/C27H28ClN5O3/c1-27(2,3)21-15-30-26(33(25(21)35)16-17-7-9-18(28)10-8-17)31-19-11-13-20(14-12-19)36-23-6-4-5-22(32-23)24(29)34/h4-14,21H,15-16H2,1-3H3,(H2,29,34)(H,30,31). The quantitative estimate of drug-likeness (QED) is 0.484. The molecule has 0 saturated heterocycles. The number of guanidine groups is 1. The van der Waals surface area contributed by atoms with Gasteiger partial charge in [-0.05, 0) is 53.4 Å². The molecule has 0 bridgehead atoms. The second-order valence-corrected chi connectivity index (χ2v) is 10.0. The highest BCUT2D eigenvalue weighted by Crippen LogP contribution is 2.32. The molecule has 2 aromatic carbocycles. The molecule has 0 radical (unpaired) electrons. The number of nitrogens with one attached hydrogen (secondary N) is 1. The van der Waals surface area contributed by atoms with E-state index in [4.69, 9.17) is 27.1 Å². The van der Waals surface area contributed by atoms with Crippen LogP contribution in [0.15, 0.2) is 71.7 Å². The molecule has 1 aromatic heterocycles. The summed E-state index contributed by atoms with van der Waals surface area (Å²) in [6, 6.07) is 19.4. The highest BCUT2D eigenvalue weighted by Gasteiger charge is 2.39. The van der Waals surface area contributed by atoms with Crippen LogP contribution in [0.5, 0.6) is 11.6 Å². The molecule has 1 atom stereocenters. The summed E-state index contributed by atoms with van der Waals surface area (Å²) >= 11 is 6.04. The van der Waals surface area contributed by atoms with E-state index in [2.05, 4.69) is 31.1 Å². The first kappa shape index (κ1) is 25.2. The molecule has 0 fully saturated rings. The van der Waals surface area contributed by atoms with Crippen LogP contribution in [0.1, 0.15) is 36.8 Å². The third-order valence-electron chi connectivity index (χ3n) is 5.85. The number of ether oxygens (including phenoxy) is 1. The molecule has 4 rings (SSSR count). The number of hydrogen-bond acceptors (Lipinski definition) is 6. The number of amides is 2. The van der Waals surface area contributed by atoms with Gasteiger partial charge < -0.3 is 15.8 Å². The Balaban J connectivity index is 1.52. The van der Waals surface area contributed by atoms with Gasteiger partial charge in [-0.2, -0.15) is 0 Å². The normalized spacial score (nSPS) is 15.9. The van der Waals surface area contributed by atoms with Crippen LogP contribution in [0.3, 0.4) is 0 Å². The molecule has 0 aliphatic carbocycles. The highest BCUT2D eigenvalue weighted by atomic mass is 35.5. The summed E-state index contributed by atoms with van der Waals surface area (Å²) in [7, 11) is 0. The average Bonchev–Trinajstić information content (AvgIpc) is 2.83. The van der Waals surface area contributed by atoms with Gasteiger partial charge in [0.15, 0.2) is 0 Å². The van der Waals surface area contributed by atoms with Crippen molar-refractivity contribution in [3.8, 4) is 11.6 Å². The van der Waals surface area contributed by atoms with Crippen LogP contribution in [0, 0.1) is 11.3 Å². The van der Waals surface area contributed by atoms with E-state index >= 15 is 0 Å². The van der Waals surface area contributed by atoms with Crippen molar-refractivity contribution in [3.63, 3.8) is 0 Å². The fourth-order valence-electron chi connectivity index (χ4n) is 3.78. The first-order valence-electron chi connectivity index (χ1n) is 11.5. The Morgan fingerprint density at radius 2 is 1.81 bits per heavy atom. The van der Waals surface area contributed by atoms with Crippen molar-refractivity contribution in [3.05, 3.63) is 83.0 Å². The Morgan fingerprint density at radius 1 is 1.11 bits per heavy atom. The van der Waals surface area contributed by atoms with E-state index in [0.29, 0.717) is 29.8 Å². The number of benzene rings is 2. The molecule has 3 aromatic rings. The summed E-state index contributed by atoms with van der Waals surface area (Å²) in [5, 5.41) is 3.92. The Morgan fingerprint density at radius 3 is 2.44 bits per heavy atom. The molecule has 1 aliphatic heterocycles. The van der Waals surface area contributed by atoms with Crippen LogP contribution >= 0.6 is 11.6 Å². The number of rotatable bonds is 6. The second kappa shape index (κ2) is 10.4. The van der Waals surface area contributed by atoms with Crippen LogP contribution < -0.4 is 15.8 Å². The molecule has 1 aliphatic rings. The lowest BCUT2D eigenvalue weighted by Crippen LogP contribution is -2.51. The fourth-order valence-corrected chi connectivity index (χ4v) is 3.90. The van der Waals surface area contributed by atoms with Crippen molar-refractivity contribution in [2.75, 3.05) is 11.9 Å². The van der Waals surface area contributed by atoms with Crippen LogP contribution in [-0.4, -0.2) is 34.2 Å². The van der Waals surface area contributed by atoms with Crippen LogP contribution in [0.2, 0.25) is 5.02 Å². The Hall–Kier alpha value is -3.91. The molecular formula is C27H28ClN5O3. The topological polar surface area (TPSA) is 110 Å². The van der Waals surface area contributed by atoms with E-state index in [0.717, 1.165) is 11.3 Å². The lowest BCUT2D eigenvalue weighted by molar-refractivity contribution is -0.135. The van der Waals surface area contributed by atoms with E-state index in [1.54, 1.807) is 29.2 Å². The zero-order valence-electron chi connectivity index (χ0n) is 20.4. The summed E-state index contributed by atoms with van der Waals surface area (Å²) in [4.78, 5) is 35.4. The lowest BCUT2D eigenvalue weighted by Gasteiger charge is -2.38. The number of carbonyl (C=O) groups is 2. The number of anilines is 1. The maximum Gasteiger partial charge on any atom is 0.267 e. The van der Waals surface area contributed by atoms with Gasteiger partial charge in [0.2, 0.25) is 17.7 Å². The number of aromatic nitrogens is 1. The minimum absolute atomic E-state index is 0.0234. The zero-order chi connectivity index (χ0) is 25.9. The number of hydrogen-bond donors (Lipinski definition) is 2. The number of primary amides is 1. The van der Waals surface area contributed by atoms with E-state index in [9.17, 15) is 9.59 Å². The van der Waals surface area contributed by atoms with Gasteiger partial charge in [-0.1, -0.05) is 50.6 Å². The molecule has 2 heterocycles. The maximum atomic E-state index is 13.5. The van der Waals surface area contributed by atoms with Gasteiger partial charge in [0, 0.05) is 16.8 Å². The van der Waals surface area contributed by atoms with Gasteiger partial charge in [0.25, 0.3) is 5.91 Å². The average molecular weight is 506 g/mol.